The number of nitrogens with one attached hydrogen (secondary N) is 2. The molecule has 158 valence electrons. The molecule has 6 nitrogen and oxygen atoms in total. The van der Waals surface area contributed by atoms with E-state index >= 15 is 0 Å². The zero-order valence-electron chi connectivity index (χ0n) is 15.8. The van der Waals surface area contributed by atoms with Gasteiger partial charge in [-0.2, -0.15) is 13.2 Å². The highest BCUT2D eigenvalue weighted by Gasteiger charge is 2.31. The number of ether oxygens (including phenoxy) is 1. The van der Waals surface area contributed by atoms with Crippen molar-refractivity contribution in [3.63, 3.8) is 0 Å². The summed E-state index contributed by atoms with van der Waals surface area (Å²) in [5.74, 6) is -0.0939. The number of hydrogen-bond donors (Lipinski definition) is 2. The SMILES string of the molecule is O=C(Nc1cc(C(F)(F)F)c[nH]c1=O)c1ccc(COc2ccc3ccccc3c2)o1. The standard InChI is InChI=1S/C22H15F3N2O4/c23-22(24,25)15-10-18(20(28)26-11-15)27-21(29)19-8-7-17(31-19)12-30-16-6-5-13-3-1-2-4-14(13)9-16/h1-11H,12H2,(H,26,28)(H,27,29). The second-order valence-electron chi connectivity index (χ2n) is 6.65. The van der Waals surface area contributed by atoms with Crippen LogP contribution in [0.5, 0.6) is 5.75 Å². The molecule has 1 amide bonds. The molecule has 4 rings (SSSR count). The highest BCUT2D eigenvalue weighted by molar-refractivity contribution is 6.02. The van der Waals surface area contributed by atoms with Gasteiger partial charge in [-0.05, 0) is 41.1 Å². The molecule has 0 radical (unpaired) electrons. The van der Waals surface area contributed by atoms with Crippen molar-refractivity contribution in [3.05, 3.63) is 94.3 Å². The molecule has 0 aliphatic heterocycles. The predicted molar refractivity (Wildman–Crippen MR) is 107 cm³/mol. The molecule has 4 aromatic rings. The maximum atomic E-state index is 12.8. The Morgan fingerprint density at radius 3 is 2.58 bits per heavy atom. The maximum absolute atomic E-state index is 12.8. The van der Waals surface area contributed by atoms with E-state index in [0.29, 0.717) is 23.8 Å². The van der Waals surface area contributed by atoms with Crippen molar-refractivity contribution < 1.29 is 27.1 Å². The summed E-state index contributed by atoms with van der Waals surface area (Å²) >= 11 is 0. The summed E-state index contributed by atoms with van der Waals surface area (Å²) in [6, 6.07) is 16.8. The van der Waals surface area contributed by atoms with Gasteiger partial charge in [0.2, 0.25) is 0 Å². The number of pyridine rings is 1. The molecular formula is C22H15F3N2O4. The van der Waals surface area contributed by atoms with Crippen molar-refractivity contribution in [2.24, 2.45) is 0 Å². The quantitative estimate of drug-likeness (QED) is 0.470. The van der Waals surface area contributed by atoms with Crippen LogP contribution < -0.4 is 15.6 Å². The fourth-order valence-corrected chi connectivity index (χ4v) is 2.91. The van der Waals surface area contributed by atoms with Crippen molar-refractivity contribution in [2.75, 3.05) is 5.32 Å². The zero-order chi connectivity index (χ0) is 22.0. The predicted octanol–water partition coefficient (Wildman–Crippen LogP) is 4.97. The Morgan fingerprint density at radius 1 is 1.03 bits per heavy atom. The molecule has 0 fully saturated rings. The molecule has 2 N–H and O–H groups in total. The third kappa shape index (κ3) is 4.61. The highest BCUT2D eigenvalue weighted by Crippen LogP contribution is 2.29. The maximum Gasteiger partial charge on any atom is 0.417 e. The van der Waals surface area contributed by atoms with Gasteiger partial charge >= 0.3 is 6.18 Å². The van der Waals surface area contributed by atoms with Gasteiger partial charge in [-0.3, -0.25) is 9.59 Å². The number of furan rings is 1. The smallest absolute Gasteiger partial charge is 0.417 e. The van der Waals surface area contributed by atoms with Gasteiger partial charge in [0.15, 0.2) is 5.76 Å². The number of benzene rings is 2. The lowest BCUT2D eigenvalue weighted by molar-refractivity contribution is -0.137. The Balaban J connectivity index is 1.43. The molecule has 0 aliphatic carbocycles. The summed E-state index contributed by atoms with van der Waals surface area (Å²) in [6.45, 7) is 0.0375. The number of alkyl halides is 3. The summed E-state index contributed by atoms with van der Waals surface area (Å²) in [7, 11) is 0. The number of rotatable bonds is 5. The summed E-state index contributed by atoms with van der Waals surface area (Å²) in [5.41, 5.74) is -2.50. The number of fused-ring (bicyclic) bond motifs is 1. The lowest BCUT2D eigenvalue weighted by atomic mass is 10.1. The molecule has 0 atom stereocenters. The normalized spacial score (nSPS) is 11.5. The second kappa shape index (κ2) is 8.02. The van der Waals surface area contributed by atoms with E-state index in [1.807, 2.05) is 41.4 Å². The fourth-order valence-electron chi connectivity index (χ4n) is 2.91. The van der Waals surface area contributed by atoms with E-state index in [-0.39, 0.29) is 12.4 Å². The van der Waals surface area contributed by atoms with E-state index in [0.717, 1.165) is 10.8 Å². The van der Waals surface area contributed by atoms with E-state index in [2.05, 4.69) is 5.32 Å². The van der Waals surface area contributed by atoms with Crippen LogP contribution in [-0.2, 0) is 12.8 Å². The first-order valence-corrected chi connectivity index (χ1v) is 9.11. The van der Waals surface area contributed by atoms with Crippen LogP contribution in [0.2, 0.25) is 0 Å². The minimum atomic E-state index is -4.67. The number of aromatic amines is 1. The first-order valence-electron chi connectivity index (χ1n) is 9.11. The Morgan fingerprint density at radius 2 is 1.81 bits per heavy atom. The van der Waals surface area contributed by atoms with E-state index in [4.69, 9.17) is 9.15 Å². The van der Waals surface area contributed by atoms with Crippen molar-refractivity contribution in [1.82, 2.24) is 4.98 Å². The highest BCUT2D eigenvalue weighted by atomic mass is 19.4. The first-order chi connectivity index (χ1) is 14.8. The van der Waals surface area contributed by atoms with Crippen molar-refractivity contribution in [1.29, 1.82) is 0 Å². The molecule has 2 heterocycles. The van der Waals surface area contributed by atoms with E-state index in [1.165, 1.54) is 12.1 Å². The second-order valence-corrected chi connectivity index (χ2v) is 6.65. The first kappa shape index (κ1) is 20.3. The minimum absolute atomic E-state index is 0.0375. The Labute approximate surface area is 173 Å². The molecule has 0 spiro atoms. The summed E-state index contributed by atoms with van der Waals surface area (Å²) in [4.78, 5) is 26.0. The van der Waals surface area contributed by atoms with Crippen molar-refractivity contribution in [2.45, 2.75) is 12.8 Å². The minimum Gasteiger partial charge on any atom is -0.486 e. The summed E-state index contributed by atoms with van der Waals surface area (Å²) in [5, 5.41) is 4.20. The van der Waals surface area contributed by atoms with Crippen LogP contribution in [0.1, 0.15) is 21.9 Å². The molecule has 0 unspecified atom stereocenters. The molecule has 0 saturated carbocycles. The molecule has 0 aliphatic rings. The lowest BCUT2D eigenvalue weighted by Crippen LogP contribution is -2.21. The Kier molecular flexibility index (Phi) is 5.24. The van der Waals surface area contributed by atoms with E-state index in [9.17, 15) is 22.8 Å². The monoisotopic (exact) mass is 428 g/mol. The average molecular weight is 428 g/mol. The van der Waals surface area contributed by atoms with Gasteiger partial charge in [0.05, 0.1) is 5.56 Å². The fraction of sp³-hybridized carbons (Fsp3) is 0.0909. The molecule has 0 saturated heterocycles. The van der Waals surface area contributed by atoms with Crippen LogP contribution in [0.15, 0.2) is 76.1 Å². The largest absolute Gasteiger partial charge is 0.486 e. The van der Waals surface area contributed by atoms with Gasteiger partial charge in [0.25, 0.3) is 11.5 Å². The molecule has 31 heavy (non-hydrogen) atoms. The van der Waals surface area contributed by atoms with Gasteiger partial charge in [-0.25, -0.2) is 0 Å². The van der Waals surface area contributed by atoms with Gasteiger partial charge in [-0.1, -0.05) is 30.3 Å². The number of aromatic nitrogens is 1. The number of carbonyl (C=O) groups excluding carboxylic acids is 1. The third-order valence-corrected chi connectivity index (χ3v) is 4.47. The molecule has 2 aromatic carbocycles. The number of halogens is 3. The Hall–Kier alpha value is -4.01. The number of H-pyrrole nitrogens is 1. The van der Waals surface area contributed by atoms with Gasteiger partial charge in [-0.15, -0.1) is 0 Å². The third-order valence-electron chi connectivity index (χ3n) is 4.47. The number of anilines is 1. The van der Waals surface area contributed by atoms with Gasteiger partial charge in [0, 0.05) is 6.20 Å². The average Bonchev–Trinajstić information content (AvgIpc) is 3.22. The van der Waals surface area contributed by atoms with E-state index < -0.39 is 28.9 Å². The lowest BCUT2D eigenvalue weighted by Gasteiger charge is -2.08. The topological polar surface area (TPSA) is 84.3 Å². The van der Waals surface area contributed by atoms with Gasteiger partial charge < -0.3 is 19.5 Å². The van der Waals surface area contributed by atoms with Crippen LogP contribution >= 0.6 is 0 Å². The number of amides is 1. The molecule has 2 aromatic heterocycles. The summed E-state index contributed by atoms with van der Waals surface area (Å²) < 4.78 is 49.5. The van der Waals surface area contributed by atoms with Crippen LogP contribution in [0, 0.1) is 0 Å². The van der Waals surface area contributed by atoms with Crippen LogP contribution in [-0.4, -0.2) is 10.9 Å². The zero-order valence-corrected chi connectivity index (χ0v) is 15.8. The molecule has 0 bridgehead atoms. The van der Waals surface area contributed by atoms with Crippen molar-refractivity contribution in [3.8, 4) is 5.75 Å². The Bertz CT molecular complexity index is 1310. The van der Waals surface area contributed by atoms with Gasteiger partial charge in [0.1, 0.15) is 23.8 Å². The number of hydrogen-bond acceptors (Lipinski definition) is 4. The number of carbonyl (C=O) groups is 1. The van der Waals surface area contributed by atoms with E-state index in [1.54, 1.807) is 6.07 Å². The molecular weight excluding hydrogens is 413 g/mol. The molecule has 9 heteroatoms. The van der Waals surface area contributed by atoms with Crippen LogP contribution in [0.25, 0.3) is 10.8 Å². The van der Waals surface area contributed by atoms with Crippen molar-refractivity contribution >= 4 is 22.4 Å². The summed E-state index contributed by atoms with van der Waals surface area (Å²) in [6.07, 6.45) is -4.13. The van der Waals surface area contributed by atoms with Crippen LogP contribution in [0.3, 0.4) is 0 Å². The van der Waals surface area contributed by atoms with Crippen LogP contribution in [0.4, 0.5) is 18.9 Å².